The SMILES string of the molecule is CCCNC(c1cnn(C)c1)c1cc(C)nn1C. The van der Waals surface area contributed by atoms with E-state index < -0.39 is 0 Å². The van der Waals surface area contributed by atoms with Crippen LogP contribution in [0.3, 0.4) is 0 Å². The van der Waals surface area contributed by atoms with E-state index in [0.29, 0.717) is 0 Å². The number of hydrogen-bond donors (Lipinski definition) is 1. The fourth-order valence-corrected chi connectivity index (χ4v) is 2.17. The maximum atomic E-state index is 4.42. The van der Waals surface area contributed by atoms with Gasteiger partial charge in [0.1, 0.15) is 0 Å². The number of hydrogen-bond acceptors (Lipinski definition) is 3. The fourth-order valence-electron chi connectivity index (χ4n) is 2.17. The van der Waals surface area contributed by atoms with E-state index in [-0.39, 0.29) is 6.04 Å². The molecule has 2 aromatic rings. The second-order valence-corrected chi connectivity index (χ2v) is 4.67. The quantitative estimate of drug-likeness (QED) is 0.872. The summed E-state index contributed by atoms with van der Waals surface area (Å²) < 4.78 is 3.77. The molecule has 2 rings (SSSR count). The lowest BCUT2D eigenvalue weighted by Gasteiger charge is -2.17. The van der Waals surface area contributed by atoms with Gasteiger partial charge in [-0.2, -0.15) is 10.2 Å². The first-order valence-corrected chi connectivity index (χ1v) is 6.34. The van der Waals surface area contributed by atoms with Crippen LogP contribution < -0.4 is 5.32 Å². The molecule has 0 aliphatic carbocycles. The first-order valence-electron chi connectivity index (χ1n) is 6.34. The van der Waals surface area contributed by atoms with Crippen LogP contribution in [-0.4, -0.2) is 26.1 Å². The van der Waals surface area contributed by atoms with E-state index in [4.69, 9.17) is 0 Å². The molecule has 0 amide bonds. The van der Waals surface area contributed by atoms with Crippen molar-refractivity contribution in [3.05, 3.63) is 35.4 Å². The van der Waals surface area contributed by atoms with Crippen LogP contribution in [0.1, 0.15) is 36.3 Å². The van der Waals surface area contributed by atoms with E-state index in [1.54, 1.807) is 0 Å². The number of aromatic nitrogens is 4. The molecule has 1 unspecified atom stereocenters. The largest absolute Gasteiger partial charge is 0.305 e. The van der Waals surface area contributed by atoms with Crippen LogP contribution in [0.4, 0.5) is 0 Å². The van der Waals surface area contributed by atoms with Gasteiger partial charge in [0.05, 0.1) is 23.6 Å². The van der Waals surface area contributed by atoms with Crippen LogP contribution in [0.2, 0.25) is 0 Å². The fraction of sp³-hybridized carbons (Fsp3) is 0.538. The van der Waals surface area contributed by atoms with Crippen LogP contribution >= 0.6 is 0 Å². The van der Waals surface area contributed by atoms with Crippen LogP contribution in [0.15, 0.2) is 18.5 Å². The lowest BCUT2D eigenvalue weighted by molar-refractivity contribution is 0.553. The van der Waals surface area contributed by atoms with E-state index in [2.05, 4.69) is 34.7 Å². The van der Waals surface area contributed by atoms with E-state index in [0.717, 1.165) is 18.7 Å². The second-order valence-electron chi connectivity index (χ2n) is 4.67. The van der Waals surface area contributed by atoms with Crippen molar-refractivity contribution >= 4 is 0 Å². The first-order chi connectivity index (χ1) is 8.61. The van der Waals surface area contributed by atoms with Gasteiger partial charge in [-0.3, -0.25) is 9.36 Å². The average Bonchev–Trinajstić information content (AvgIpc) is 2.87. The maximum Gasteiger partial charge on any atom is 0.0779 e. The van der Waals surface area contributed by atoms with E-state index in [1.807, 2.05) is 36.6 Å². The van der Waals surface area contributed by atoms with Crippen molar-refractivity contribution in [2.75, 3.05) is 6.54 Å². The Labute approximate surface area is 108 Å². The highest BCUT2D eigenvalue weighted by molar-refractivity contribution is 5.25. The molecule has 0 bridgehead atoms. The van der Waals surface area contributed by atoms with Crippen molar-refractivity contribution in [3.8, 4) is 0 Å². The molecule has 2 aromatic heterocycles. The van der Waals surface area contributed by atoms with Crippen molar-refractivity contribution in [2.24, 2.45) is 14.1 Å². The standard InChI is InChI=1S/C13H21N5/c1-5-6-14-13(11-8-15-17(3)9-11)12-7-10(2)16-18(12)4/h7-9,13-14H,5-6H2,1-4H3. The Morgan fingerprint density at radius 2 is 2.17 bits per heavy atom. The lowest BCUT2D eigenvalue weighted by Crippen LogP contribution is -2.25. The molecule has 0 aliphatic heterocycles. The van der Waals surface area contributed by atoms with Crippen molar-refractivity contribution in [3.63, 3.8) is 0 Å². The van der Waals surface area contributed by atoms with Crippen molar-refractivity contribution in [1.29, 1.82) is 0 Å². The number of nitrogens with one attached hydrogen (secondary N) is 1. The van der Waals surface area contributed by atoms with Crippen LogP contribution in [0, 0.1) is 6.92 Å². The third kappa shape index (κ3) is 2.61. The van der Waals surface area contributed by atoms with E-state index >= 15 is 0 Å². The Hall–Kier alpha value is -1.62. The molecule has 98 valence electrons. The minimum Gasteiger partial charge on any atom is -0.305 e. The summed E-state index contributed by atoms with van der Waals surface area (Å²) in [5, 5.41) is 12.2. The minimum atomic E-state index is 0.157. The molecular weight excluding hydrogens is 226 g/mol. The predicted molar refractivity (Wildman–Crippen MR) is 71.3 cm³/mol. The summed E-state index contributed by atoms with van der Waals surface area (Å²) in [4.78, 5) is 0. The predicted octanol–water partition coefficient (Wildman–Crippen LogP) is 1.55. The summed E-state index contributed by atoms with van der Waals surface area (Å²) in [5.41, 5.74) is 3.39. The second kappa shape index (κ2) is 5.35. The Kier molecular flexibility index (Phi) is 3.81. The monoisotopic (exact) mass is 247 g/mol. The molecule has 0 saturated heterocycles. The molecule has 0 fully saturated rings. The highest BCUT2D eigenvalue weighted by Crippen LogP contribution is 2.21. The van der Waals surface area contributed by atoms with Crippen molar-refractivity contribution in [2.45, 2.75) is 26.3 Å². The molecule has 5 heteroatoms. The molecule has 0 spiro atoms. The van der Waals surface area contributed by atoms with Gasteiger partial charge in [0.2, 0.25) is 0 Å². The summed E-state index contributed by atoms with van der Waals surface area (Å²) in [7, 11) is 3.92. The molecule has 1 atom stereocenters. The summed E-state index contributed by atoms with van der Waals surface area (Å²) in [6.45, 7) is 5.16. The number of nitrogens with zero attached hydrogens (tertiary/aromatic N) is 4. The zero-order chi connectivity index (χ0) is 13.1. The van der Waals surface area contributed by atoms with Crippen molar-refractivity contribution in [1.82, 2.24) is 24.9 Å². The van der Waals surface area contributed by atoms with Gasteiger partial charge in [-0.05, 0) is 26.0 Å². The van der Waals surface area contributed by atoms with Crippen LogP contribution in [0.5, 0.6) is 0 Å². The topological polar surface area (TPSA) is 47.7 Å². The van der Waals surface area contributed by atoms with Gasteiger partial charge in [-0.1, -0.05) is 6.92 Å². The van der Waals surface area contributed by atoms with Gasteiger partial charge in [0.25, 0.3) is 0 Å². The van der Waals surface area contributed by atoms with Crippen molar-refractivity contribution < 1.29 is 0 Å². The minimum absolute atomic E-state index is 0.157. The van der Waals surface area contributed by atoms with Gasteiger partial charge in [-0.25, -0.2) is 0 Å². The van der Waals surface area contributed by atoms with Gasteiger partial charge in [0, 0.05) is 25.9 Å². The van der Waals surface area contributed by atoms with Gasteiger partial charge < -0.3 is 5.32 Å². The highest BCUT2D eigenvalue weighted by atomic mass is 15.3. The molecule has 0 aliphatic rings. The number of aryl methyl sites for hydroxylation is 3. The maximum absolute atomic E-state index is 4.42. The summed E-state index contributed by atoms with van der Waals surface area (Å²) >= 11 is 0. The Balaban J connectivity index is 2.33. The van der Waals surface area contributed by atoms with Crippen LogP contribution in [-0.2, 0) is 14.1 Å². The van der Waals surface area contributed by atoms with Crippen LogP contribution in [0.25, 0.3) is 0 Å². The molecular formula is C13H21N5. The van der Waals surface area contributed by atoms with Gasteiger partial charge in [0.15, 0.2) is 0 Å². The molecule has 2 heterocycles. The Morgan fingerprint density at radius 3 is 2.67 bits per heavy atom. The van der Waals surface area contributed by atoms with E-state index in [9.17, 15) is 0 Å². The molecule has 0 radical (unpaired) electrons. The summed E-state index contributed by atoms with van der Waals surface area (Å²) in [5.74, 6) is 0. The molecule has 18 heavy (non-hydrogen) atoms. The molecule has 1 N–H and O–H groups in total. The highest BCUT2D eigenvalue weighted by Gasteiger charge is 2.18. The lowest BCUT2D eigenvalue weighted by atomic mass is 10.1. The first kappa shape index (κ1) is 12.8. The number of rotatable bonds is 5. The smallest absolute Gasteiger partial charge is 0.0779 e. The van der Waals surface area contributed by atoms with Gasteiger partial charge in [-0.15, -0.1) is 0 Å². The molecule has 0 saturated carbocycles. The molecule has 5 nitrogen and oxygen atoms in total. The zero-order valence-electron chi connectivity index (χ0n) is 11.5. The normalized spacial score (nSPS) is 12.9. The zero-order valence-corrected chi connectivity index (χ0v) is 11.5. The third-order valence-electron chi connectivity index (χ3n) is 2.99. The Morgan fingerprint density at radius 1 is 1.39 bits per heavy atom. The summed E-state index contributed by atoms with van der Waals surface area (Å²) in [6.07, 6.45) is 5.07. The van der Waals surface area contributed by atoms with Gasteiger partial charge >= 0.3 is 0 Å². The third-order valence-corrected chi connectivity index (χ3v) is 2.99. The Bertz CT molecular complexity index is 511. The van der Waals surface area contributed by atoms with E-state index in [1.165, 1.54) is 11.3 Å². The average molecular weight is 247 g/mol. The summed E-state index contributed by atoms with van der Waals surface area (Å²) in [6, 6.07) is 2.28. The molecule has 0 aromatic carbocycles.